The number of nitrogens with zero attached hydrogens (tertiary/aromatic N) is 1. The Labute approximate surface area is 105 Å². The molecule has 1 aliphatic rings. The number of nitrogens with one attached hydrogen (secondary N) is 1. The fourth-order valence-corrected chi connectivity index (χ4v) is 3.76. The average Bonchev–Trinajstić information content (AvgIpc) is 2.34. The summed E-state index contributed by atoms with van der Waals surface area (Å²) < 4.78 is 31.3. The summed E-state index contributed by atoms with van der Waals surface area (Å²) in [4.78, 5) is 0. The number of sulfonamides is 1. The lowest BCUT2D eigenvalue weighted by Crippen LogP contribution is -2.49. The highest BCUT2D eigenvalue weighted by atomic mass is 32.2. The average molecular weight is 264 g/mol. The summed E-state index contributed by atoms with van der Waals surface area (Å²) in [5.74, 6) is 0.233. The van der Waals surface area contributed by atoms with Gasteiger partial charge in [0.25, 0.3) is 0 Å². The van der Waals surface area contributed by atoms with Gasteiger partial charge in [-0.1, -0.05) is 13.8 Å². The van der Waals surface area contributed by atoms with E-state index in [0.29, 0.717) is 26.2 Å². The van der Waals surface area contributed by atoms with Gasteiger partial charge in [-0.2, -0.15) is 4.31 Å². The molecule has 0 radical (unpaired) electrons. The summed E-state index contributed by atoms with van der Waals surface area (Å²) in [6.07, 6.45) is 1.48. The summed E-state index contributed by atoms with van der Waals surface area (Å²) in [5, 5.41) is 3.14. The molecule has 102 valence electrons. The van der Waals surface area contributed by atoms with E-state index in [4.69, 9.17) is 4.74 Å². The van der Waals surface area contributed by atoms with Crippen molar-refractivity contribution in [2.45, 2.75) is 32.7 Å². The molecule has 17 heavy (non-hydrogen) atoms. The molecule has 0 spiro atoms. The Kier molecular flexibility index (Phi) is 6.40. The number of rotatable bonds is 7. The first-order valence-corrected chi connectivity index (χ1v) is 8.00. The van der Waals surface area contributed by atoms with Crippen LogP contribution in [0.1, 0.15) is 26.7 Å². The SMILES string of the molecule is CCNCCCS(=O)(=O)N1CCOCC1CC. The van der Waals surface area contributed by atoms with Gasteiger partial charge in [0.15, 0.2) is 0 Å². The van der Waals surface area contributed by atoms with Crippen LogP contribution >= 0.6 is 0 Å². The van der Waals surface area contributed by atoms with E-state index in [2.05, 4.69) is 5.32 Å². The topological polar surface area (TPSA) is 58.6 Å². The molecule has 1 atom stereocenters. The van der Waals surface area contributed by atoms with Crippen molar-refractivity contribution in [3.05, 3.63) is 0 Å². The van der Waals surface area contributed by atoms with Gasteiger partial charge in [-0.15, -0.1) is 0 Å². The third-order valence-electron chi connectivity index (χ3n) is 3.01. The van der Waals surface area contributed by atoms with Crippen LogP contribution in [0.3, 0.4) is 0 Å². The molecule has 0 saturated carbocycles. The molecule has 0 bridgehead atoms. The van der Waals surface area contributed by atoms with Gasteiger partial charge in [-0.05, 0) is 25.9 Å². The molecule has 1 unspecified atom stereocenters. The summed E-state index contributed by atoms with van der Waals surface area (Å²) in [7, 11) is -3.11. The van der Waals surface area contributed by atoms with Gasteiger partial charge in [0.1, 0.15) is 0 Å². The Morgan fingerprint density at radius 1 is 1.41 bits per heavy atom. The van der Waals surface area contributed by atoms with E-state index < -0.39 is 10.0 Å². The highest BCUT2D eigenvalue weighted by Gasteiger charge is 2.31. The van der Waals surface area contributed by atoms with Crippen LogP contribution in [-0.4, -0.2) is 57.4 Å². The van der Waals surface area contributed by atoms with Crippen molar-refractivity contribution >= 4 is 10.0 Å². The van der Waals surface area contributed by atoms with Crippen LogP contribution in [0.25, 0.3) is 0 Å². The first kappa shape index (κ1) is 14.9. The summed E-state index contributed by atoms with van der Waals surface area (Å²) in [6.45, 7) is 7.21. The fraction of sp³-hybridized carbons (Fsp3) is 1.00. The van der Waals surface area contributed by atoms with Gasteiger partial charge in [-0.25, -0.2) is 8.42 Å². The van der Waals surface area contributed by atoms with Crippen molar-refractivity contribution in [3.63, 3.8) is 0 Å². The molecule has 0 aromatic rings. The third kappa shape index (κ3) is 4.54. The summed E-state index contributed by atoms with van der Waals surface area (Å²) in [6, 6.07) is 0.0212. The van der Waals surface area contributed by atoms with Crippen LogP contribution in [0.4, 0.5) is 0 Å². The third-order valence-corrected chi connectivity index (χ3v) is 5.01. The predicted molar refractivity (Wildman–Crippen MR) is 68.6 cm³/mol. The van der Waals surface area contributed by atoms with Gasteiger partial charge in [-0.3, -0.25) is 0 Å². The Balaban J connectivity index is 2.49. The molecular formula is C11H24N2O3S. The van der Waals surface area contributed by atoms with Crippen LogP contribution < -0.4 is 5.32 Å². The highest BCUT2D eigenvalue weighted by Crippen LogP contribution is 2.15. The zero-order chi connectivity index (χ0) is 12.7. The smallest absolute Gasteiger partial charge is 0.214 e. The lowest BCUT2D eigenvalue weighted by Gasteiger charge is -2.34. The largest absolute Gasteiger partial charge is 0.378 e. The van der Waals surface area contributed by atoms with Crippen molar-refractivity contribution in [3.8, 4) is 0 Å². The van der Waals surface area contributed by atoms with Gasteiger partial charge < -0.3 is 10.1 Å². The highest BCUT2D eigenvalue weighted by molar-refractivity contribution is 7.89. The fourth-order valence-electron chi connectivity index (χ4n) is 2.00. The first-order valence-electron chi connectivity index (χ1n) is 6.39. The quantitative estimate of drug-likeness (QED) is 0.677. The van der Waals surface area contributed by atoms with Crippen LogP contribution in [-0.2, 0) is 14.8 Å². The monoisotopic (exact) mass is 264 g/mol. The number of hydrogen-bond donors (Lipinski definition) is 1. The van der Waals surface area contributed by atoms with Crippen molar-refractivity contribution in [1.82, 2.24) is 9.62 Å². The second kappa shape index (κ2) is 7.31. The van der Waals surface area contributed by atoms with E-state index in [0.717, 1.165) is 19.5 Å². The standard InChI is InChI=1S/C11H24N2O3S/c1-3-11-10-16-8-7-13(11)17(14,15)9-5-6-12-4-2/h11-12H,3-10H2,1-2H3. The minimum atomic E-state index is -3.11. The maximum Gasteiger partial charge on any atom is 0.214 e. The normalized spacial score (nSPS) is 22.8. The van der Waals surface area contributed by atoms with E-state index in [1.807, 2.05) is 13.8 Å². The number of ether oxygens (including phenoxy) is 1. The van der Waals surface area contributed by atoms with Gasteiger partial charge >= 0.3 is 0 Å². The molecule has 1 aliphatic heterocycles. The molecule has 0 aromatic carbocycles. The minimum Gasteiger partial charge on any atom is -0.378 e. The second-order valence-corrected chi connectivity index (χ2v) is 6.31. The molecule has 1 saturated heterocycles. The zero-order valence-electron chi connectivity index (χ0n) is 10.8. The Hall–Kier alpha value is -0.170. The van der Waals surface area contributed by atoms with Crippen molar-refractivity contribution in [1.29, 1.82) is 0 Å². The molecule has 5 nitrogen and oxygen atoms in total. The second-order valence-electron chi connectivity index (χ2n) is 4.27. The molecule has 1 heterocycles. The van der Waals surface area contributed by atoms with E-state index in [1.54, 1.807) is 4.31 Å². The molecular weight excluding hydrogens is 240 g/mol. The van der Waals surface area contributed by atoms with Crippen molar-refractivity contribution in [2.24, 2.45) is 0 Å². The lowest BCUT2D eigenvalue weighted by molar-refractivity contribution is 0.0314. The van der Waals surface area contributed by atoms with E-state index in [9.17, 15) is 8.42 Å². The Morgan fingerprint density at radius 2 is 2.18 bits per heavy atom. The molecule has 0 amide bonds. The van der Waals surface area contributed by atoms with Gasteiger partial charge in [0, 0.05) is 12.6 Å². The predicted octanol–water partition coefficient (Wildman–Crippen LogP) is 0.427. The van der Waals surface area contributed by atoms with Crippen molar-refractivity contribution in [2.75, 3.05) is 38.6 Å². The number of morpholine rings is 1. The van der Waals surface area contributed by atoms with E-state index in [-0.39, 0.29) is 11.8 Å². The molecule has 6 heteroatoms. The molecule has 1 N–H and O–H groups in total. The molecule has 0 aromatic heterocycles. The van der Waals surface area contributed by atoms with Crippen molar-refractivity contribution < 1.29 is 13.2 Å². The Morgan fingerprint density at radius 3 is 2.82 bits per heavy atom. The zero-order valence-corrected chi connectivity index (χ0v) is 11.6. The van der Waals surface area contributed by atoms with Crippen LogP contribution in [0.5, 0.6) is 0 Å². The summed E-state index contributed by atoms with van der Waals surface area (Å²) >= 11 is 0. The van der Waals surface area contributed by atoms with Gasteiger partial charge in [0.2, 0.25) is 10.0 Å². The molecule has 1 fully saturated rings. The Bertz CT molecular complexity index is 306. The van der Waals surface area contributed by atoms with Crippen LogP contribution in [0.15, 0.2) is 0 Å². The minimum absolute atomic E-state index is 0.0212. The summed E-state index contributed by atoms with van der Waals surface area (Å²) in [5.41, 5.74) is 0. The van der Waals surface area contributed by atoms with E-state index in [1.165, 1.54) is 0 Å². The lowest BCUT2D eigenvalue weighted by atomic mass is 10.2. The van der Waals surface area contributed by atoms with Crippen LogP contribution in [0, 0.1) is 0 Å². The first-order chi connectivity index (χ1) is 8.11. The van der Waals surface area contributed by atoms with Gasteiger partial charge in [0.05, 0.1) is 19.0 Å². The maximum atomic E-state index is 12.2. The van der Waals surface area contributed by atoms with E-state index >= 15 is 0 Å². The maximum absolute atomic E-state index is 12.2. The molecule has 1 rings (SSSR count). The number of hydrogen-bond acceptors (Lipinski definition) is 4. The van der Waals surface area contributed by atoms with Crippen LogP contribution in [0.2, 0.25) is 0 Å². The molecule has 0 aliphatic carbocycles.